The lowest BCUT2D eigenvalue weighted by molar-refractivity contribution is 0.0830. The van der Waals surface area contributed by atoms with Crippen LogP contribution in [0.15, 0.2) is 72.9 Å². The Morgan fingerprint density at radius 1 is 0.949 bits per heavy atom. The average molecular weight is 534 g/mol. The van der Waals surface area contributed by atoms with Gasteiger partial charge in [-0.3, -0.25) is 4.79 Å². The van der Waals surface area contributed by atoms with Crippen LogP contribution in [0.4, 0.5) is 8.78 Å². The Morgan fingerprint density at radius 2 is 1.69 bits per heavy atom. The van der Waals surface area contributed by atoms with E-state index in [0.29, 0.717) is 23.6 Å². The summed E-state index contributed by atoms with van der Waals surface area (Å²) in [4.78, 5) is 13.3. The summed E-state index contributed by atoms with van der Waals surface area (Å²) in [5.41, 5.74) is 4.08. The predicted octanol–water partition coefficient (Wildman–Crippen LogP) is 5.63. The topological polar surface area (TPSA) is 66.3 Å². The van der Waals surface area contributed by atoms with Crippen LogP contribution in [0, 0.1) is 17.6 Å². The molecule has 1 amide bonds. The number of amides is 1. The molecule has 2 atom stereocenters. The molecule has 5 nitrogen and oxygen atoms in total. The molecule has 0 spiro atoms. The number of fused-ring (bicyclic) bond motifs is 1. The first-order valence-corrected chi connectivity index (χ1v) is 13.5. The van der Waals surface area contributed by atoms with E-state index in [1.54, 1.807) is 6.07 Å². The molecule has 1 aromatic heterocycles. The van der Waals surface area contributed by atoms with Crippen molar-refractivity contribution in [3.05, 3.63) is 107 Å². The van der Waals surface area contributed by atoms with Crippen molar-refractivity contribution in [2.45, 2.75) is 58.8 Å². The highest BCUT2D eigenvalue weighted by atomic mass is 19.1. The molecule has 0 radical (unpaired) electrons. The number of carbonyl (C=O) groups excluding carboxylic acids is 1. The SMILES string of the molecule is CCc1cccc(CNCC(O)C(Cc2cc(F)cc(F)c2)NC(=O)c2ccc3ccn(CC(C)C)c3c2)c1. The van der Waals surface area contributed by atoms with Crippen LogP contribution in [-0.2, 0) is 25.9 Å². The van der Waals surface area contributed by atoms with Gasteiger partial charge in [-0.1, -0.05) is 51.1 Å². The van der Waals surface area contributed by atoms with Gasteiger partial charge in [-0.25, -0.2) is 8.78 Å². The number of carbonyl (C=O) groups is 1. The van der Waals surface area contributed by atoms with Gasteiger partial charge in [-0.15, -0.1) is 0 Å². The molecule has 2 unspecified atom stereocenters. The second-order valence-corrected chi connectivity index (χ2v) is 10.6. The predicted molar refractivity (Wildman–Crippen MR) is 152 cm³/mol. The van der Waals surface area contributed by atoms with E-state index >= 15 is 0 Å². The highest BCUT2D eigenvalue weighted by Gasteiger charge is 2.23. The van der Waals surface area contributed by atoms with E-state index in [2.05, 4.69) is 48.1 Å². The Labute approximate surface area is 228 Å². The van der Waals surface area contributed by atoms with Crippen molar-refractivity contribution in [1.82, 2.24) is 15.2 Å². The van der Waals surface area contributed by atoms with E-state index in [-0.39, 0.29) is 18.9 Å². The molecule has 1 heterocycles. The maximum atomic E-state index is 13.9. The number of nitrogens with one attached hydrogen (secondary N) is 2. The van der Waals surface area contributed by atoms with Crippen LogP contribution < -0.4 is 10.6 Å². The van der Waals surface area contributed by atoms with Gasteiger partial charge in [-0.05, 0) is 71.2 Å². The fourth-order valence-corrected chi connectivity index (χ4v) is 4.86. The molecule has 3 aromatic carbocycles. The van der Waals surface area contributed by atoms with Crippen molar-refractivity contribution in [2.24, 2.45) is 5.92 Å². The minimum atomic E-state index is -0.997. The lowest BCUT2D eigenvalue weighted by Crippen LogP contribution is -2.48. The fraction of sp³-hybridized carbons (Fsp3) is 0.344. The molecule has 0 aliphatic rings. The molecule has 0 aliphatic carbocycles. The maximum absolute atomic E-state index is 13.9. The Bertz CT molecular complexity index is 1400. The second-order valence-electron chi connectivity index (χ2n) is 10.6. The normalized spacial score (nSPS) is 13.1. The first kappa shape index (κ1) is 28.5. The minimum Gasteiger partial charge on any atom is -0.390 e. The van der Waals surface area contributed by atoms with Gasteiger partial charge < -0.3 is 20.3 Å². The lowest BCUT2D eigenvalue weighted by atomic mass is 9.99. The largest absolute Gasteiger partial charge is 0.390 e. The fourth-order valence-electron chi connectivity index (χ4n) is 4.86. The third kappa shape index (κ3) is 7.74. The molecular formula is C32H37F2N3O2. The molecule has 0 aliphatic heterocycles. The number of aliphatic hydroxyl groups is 1. The number of rotatable bonds is 12. The highest BCUT2D eigenvalue weighted by molar-refractivity contribution is 5.98. The molecule has 0 saturated carbocycles. The van der Waals surface area contributed by atoms with Crippen molar-refractivity contribution >= 4 is 16.8 Å². The summed E-state index contributed by atoms with van der Waals surface area (Å²) in [7, 11) is 0. The lowest BCUT2D eigenvalue weighted by Gasteiger charge is -2.25. The van der Waals surface area contributed by atoms with Crippen LogP contribution in [0.3, 0.4) is 0 Å². The summed E-state index contributed by atoms with van der Waals surface area (Å²) < 4.78 is 29.9. The van der Waals surface area contributed by atoms with Crippen LogP contribution in [-0.4, -0.2) is 34.3 Å². The van der Waals surface area contributed by atoms with Gasteiger partial charge in [0.1, 0.15) is 11.6 Å². The quantitative estimate of drug-likeness (QED) is 0.221. The molecule has 206 valence electrons. The number of aryl methyl sites for hydroxylation is 1. The number of nitrogens with zero attached hydrogens (tertiary/aromatic N) is 1. The van der Waals surface area contributed by atoms with Crippen molar-refractivity contribution < 1.29 is 18.7 Å². The molecule has 4 aromatic rings. The van der Waals surface area contributed by atoms with Crippen LogP contribution in [0.25, 0.3) is 10.9 Å². The number of benzene rings is 3. The van der Waals surface area contributed by atoms with Gasteiger partial charge in [0.25, 0.3) is 5.91 Å². The van der Waals surface area contributed by atoms with Gasteiger partial charge in [0.05, 0.1) is 12.1 Å². The third-order valence-electron chi connectivity index (χ3n) is 6.84. The molecular weight excluding hydrogens is 496 g/mol. The van der Waals surface area contributed by atoms with Crippen molar-refractivity contribution in [3.8, 4) is 0 Å². The molecule has 0 bridgehead atoms. The zero-order valence-electron chi connectivity index (χ0n) is 22.8. The smallest absolute Gasteiger partial charge is 0.251 e. The summed E-state index contributed by atoms with van der Waals surface area (Å²) >= 11 is 0. The number of hydrogen-bond acceptors (Lipinski definition) is 3. The van der Waals surface area contributed by atoms with E-state index in [0.717, 1.165) is 35.5 Å². The number of hydrogen-bond donors (Lipinski definition) is 3. The maximum Gasteiger partial charge on any atom is 0.251 e. The van der Waals surface area contributed by atoms with Gasteiger partial charge in [0, 0.05) is 43.0 Å². The first-order valence-electron chi connectivity index (χ1n) is 13.5. The van der Waals surface area contributed by atoms with Crippen molar-refractivity contribution in [3.63, 3.8) is 0 Å². The Kier molecular flexibility index (Phi) is 9.49. The number of aromatic nitrogens is 1. The van der Waals surface area contributed by atoms with Crippen molar-refractivity contribution in [1.29, 1.82) is 0 Å². The number of aliphatic hydroxyl groups excluding tert-OH is 1. The molecule has 0 fully saturated rings. The van der Waals surface area contributed by atoms with Gasteiger partial charge in [0.2, 0.25) is 0 Å². The van der Waals surface area contributed by atoms with E-state index in [4.69, 9.17) is 0 Å². The monoisotopic (exact) mass is 533 g/mol. The zero-order chi connectivity index (χ0) is 27.9. The summed E-state index contributed by atoms with van der Waals surface area (Å²) in [6.07, 6.45) is 2.02. The average Bonchev–Trinajstić information content (AvgIpc) is 3.29. The van der Waals surface area contributed by atoms with E-state index < -0.39 is 23.8 Å². The van der Waals surface area contributed by atoms with E-state index in [9.17, 15) is 18.7 Å². The van der Waals surface area contributed by atoms with Crippen molar-refractivity contribution in [2.75, 3.05) is 6.54 Å². The van der Waals surface area contributed by atoms with Gasteiger partial charge in [0.15, 0.2) is 0 Å². The molecule has 39 heavy (non-hydrogen) atoms. The van der Waals surface area contributed by atoms with Crippen LogP contribution in [0.1, 0.15) is 47.8 Å². The van der Waals surface area contributed by atoms with Crippen LogP contribution in [0.5, 0.6) is 0 Å². The Morgan fingerprint density at radius 3 is 2.41 bits per heavy atom. The molecule has 7 heteroatoms. The van der Waals surface area contributed by atoms with Gasteiger partial charge >= 0.3 is 0 Å². The molecule has 4 rings (SSSR count). The second kappa shape index (κ2) is 13.0. The zero-order valence-corrected chi connectivity index (χ0v) is 22.8. The van der Waals surface area contributed by atoms with E-state index in [1.165, 1.54) is 17.7 Å². The standard InChI is InChI=1S/C32H37F2N3O2/c1-4-22-6-5-7-23(12-22)18-35-19-31(38)29(15-24-13-27(33)17-28(34)14-24)36-32(39)26-9-8-25-10-11-37(20-21(2)3)30(25)16-26/h5-14,16-17,21,29,31,35,38H,4,15,18-20H2,1-3H3,(H,36,39). The molecule has 0 saturated heterocycles. The highest BCUT2D eigenvalue weighted by Crippen LogP contribution is 2.20. The van der Waals surface area contributed by atoms with Crippen LogP contribution in [0.2, 0.25) is 0 Å². The minimum absolute atomic E-state index is 0.0700. The first-order chi connectivity index (χ1) is 18.7. The Balaban J connectivity index is 1.51. The molecule has 3 N–H and O–H groups in total. The number of halogens is 2. The summed E-state index contributed by atoms with van der Waals surface area (Å²) in [6, 6.07) is 18.2. The third-order valence-corrected chi connectivity index (χ3v) is 6.84. The summed E-state index contributed by atoms with van der Waals surface area (Å²) in [6.45, 7) is 7.93. The van der Waals surface area contributed by atoms with Gasteiger partial charge in [-0.2, -0.15) is 0 Å². The summed E-state index contributed by atoms with van der Waals surface area (Å²) in [5.74, 6) is -1.31. The van der Waals surface area contributed by atoms with E-state index in [1.807, 2.05) is 36.5 Å². The summed E-state index contributed by atoms with van der Waals surface area (Å²) in [5, 5.41) is 18.3. The van der Waals surface area contributed by atoms with Crippen LogP contribution >= 0.6 is 0 Å². The Hall–Kier alpha value is -3.55.